The van der Waals surface area contributed by atoms with Crippen molar-refractivity contribution in [3.05, 3.63) is 84.4 Å². The van der Waals surface area contributed by atoms with Crippen LogP contribution in [0, 0.1) is 0 Å². The highest BCUT2D eigenvalue weighted by molar-refractivity contribution is 6.03. The Bertz CT molecular complexity index is 923. The number of amides is 2. The minimum absolute atomic E-state index is 0.184. The van der Waals surface area contributed by atoms with Gasteiger partial charge in [0.1, 0.15) is 5.75 Å². The van der Waals surface area contributed by atoms with Gasteiger partial charge in [-0.1, -0.05) is 60.7 Å². The van der Waals surface area contributed by atoms with E-state index in [4.69, 9.17) is 10.5 Å². The van der Waals surface area contributed by atoms with E-state index in [2.05, 4.69) is 5.32 Å². The van der Waals surface area contributed by atoms with Crippen molar-refractivity contribution >= 4 is 17.5 Å². The number of para-hydroxylation sites is 2. The summed E-state index contributed by atoms with van der Waals surface area (Å²) < 4.78 is 5.70. The SMILES string of the molecule is NC(=O)c1ccccc1NC(=O)COc1ccccc1-c1ccccc1. The Hall–Kier alpha value is -3.60. The Morgan fingerprint density at radius 3 is 2.27 bits per heavy atom. The normalized spacial score (nSPS) is 10.2. The first-order chi connectivity index (χ1) is 12.6. The van der Waals surface area contributed by atoms with E-state index >= 15 is 0 Å². The van der Waals surface area contributed by atoms with E-state index in [1.54, 1.807) is 24.3 Å². The molecule has 3 aromatic carbocycles. The van der Waals surface area contributed by atoms with Gasteiger partial charge in [0.05, 0.1) is 11.3 Å². The van der Waals surface area contributed by atoms with Crippen molar-refractivity contribution in [3.63, 3.8) is 0 Å². The lowest BCUT2D eigenvalue weighted by atomic mass is 10.1. The van der Waals surface area contributed by atoms with Crippen molar-refractivity contribution in [3.8, 4) is 16.9 Å². The molecule has 2 amide bonds. The molecule has 0 aromatic heterocycles. The zero-order chi connectivity index (χ0) is 18.4. The molecule has 26 heavy (non-hydrogen) atoms. The molecule has 0 fully saturated rings. The van der Waals surface area contributed by atoms with Gasteiger partial charge in [-0.05, 0) is 23.8 Å². The standard InChI is InChI=1S/C21H18N2O3/c22-21(25)17-11-4-6-12-18(17)23-20(24)14-26-19-13-7-5-10-16(19)15-8-2-1-3-9-15/h1-13H,14H2,(H2,22,25)(H,23,24). The molecule has 0 heterocycles. The van der Waals surface area contributed by atoms with E-state index in [9.17, 15) is 9.59 Å². The quantitative estimate of drug-likeness (QED) is 0.717. The molecule has 3 rings (SSSR count). The van der Waals surface area contributed by atoms with Gasteiger partial charge in [-0.2, -0.15) is 0 Å². The average Bonchev–Trinajstić information content (AvgIpc) is 2.67. The Morgan fingerprint density at radius 1 is 0.846 bits per heavy atom. The molecule has 130 valence electrons. The van der Waals surface area contributed by atoms with E-state index < -0.39 is 5.91 Å². The topological polar surface area (TPSA) is 81.4 Å². The summed E-state index contributed by atoms with van der Waals surface area (Å²) in [4.78, 5) is 23.6. The Kier molecular flexibility index (Phi) is 5.29. The second-order valence-corrected chi connectivity index (χ2v) is 5.61. The van der Waals surface area contributed by atoms with Crippen LogP contribution in [0.2, 0.25) is 0 Å². The maximum absolute atomic E-state index is 12.2. The average molecular weight is 346 g/mol. The van der Waals surface area contributed by atoms with Gasteiger partial charge in [0.25, 0.3) is 11.8 Å². The maximum atomic E-state index is 12.2. The summed E-state index contributed by atoms with van der Waals surface area (Å²) in [5.41, 5.74) is 7.84. The number of hydrogen-bond acceptors (Lipinski definition) is 3. The van der Waals surface area contributed by atoms with Crippen molar-refractivity contribution in [2.24, 2.45) is 5.73 Å². The van der Waals surface area contributed by atoms with E-state index in [0.717, 1.165) is 11.1 Å². The first-order valence-corrected chi connectivity index (χ1v) is 8.11. The minimum Gasteiger partial charge on any atom is -0.483 e. The third-order valence-electron chi connectivity index (χ3n) is 3.80. The highest BCUT2D eigenvalue weighted by Gasteiger charge is 2.12. The third kappa shape index (κ3) is 4.08. The summed E-state index contributed by atoms with van der Waals surface area (Å²) in [6.45, 7) is -0.184. The fourth-order valence-electron chi connectivity index (χ4n) is 2.59. The number of nitrogens with two attached hydrogens (primary N) is 1. The number of hydrogen-bond donors (Lipinski definition) is 2. The van der Waals surface area contributed by atoms with Crippen LogP contribution in [-0.4, -0.2) is 18.4 Å². The van der Waals surface area contributed by atoms with Crippen molar-refractivity contribution in [2.45, 2.75) is 0 Å². The molecular weight excluding hydrogens is 328 g/mol. The maximum Gasteiger partial charge on any atom is 0.262 e. The highest BCUT2D eigenvalue weighted by atomic mass is 16.5. The number of carbonyl (C=O) groups is 2. The minimum atomic E-state index is -0.601. The monoisotopic (exact) mass is 346 g/mol. The smallest absolute Gasteiger partial charge is 0.262 e. The van der Waals surface area contributed by atoms with Crippen LogP contribution in [0.15, 0.2) is 78.9 Å². The van der Waals surface area contributed by atoms with Gasteiger partial charge in [-0.25, -0.2) is 0 Å². The van der Waals surface area contributed by atoms with Crippen molar-refractivity contribution in [2.75, 3.05) is 11.9 Å². The zero-order valence-corrected chi connectivity index (χ0v) is 14.0. The third-order valence-corrected chi connectivity index (χ3v) is 3.80. The lowest BCUT2D eigenvalue weighted by molar-refractivity contribution is -0.118. The lowest BCUT2D eigenvalue weighted by Gasteiger charge is -2.12. The van der Waals surface area contributed by atoms with Crippen LogP contribution in [0.4, 0.5) is 5.69 Å². The number of ether oxygens (including phenoxy) is 1. The van der Waals surface area contributed by atoms with E-state index in [1.807, 2.05) is 54.6 Å². The van der Waals surface area contributed by atoms with Crippen molar-refractivity contribution in [1.29, 1.82) is 0 Å². The number of anilines is 1. The summed E-state index contributed by atoms with van der Waals surface area (Å²) >= 11 is 0. The molecule has 3 aromatic rings. The fourth-order valence-corrected chi connectivity index (χ4v) is 2.59. The van der Waals surface area contributed by atoms with Crippen molar-refractivity contribution < 1.29 is 14.3 Å². The number of rotatable bonds is 6. The first kappa shape index (κ1) is 17.2. The molecule has 3 N–H and O–H groups in total. The first-order valence-electron chi connectivity index (χ1n) is 8.11. The zero-order valence-electron chi connectivity index (χ0n) is 14.0. The van der Waals surface area contributed by atoms with E-state index in [-0.39, 0.29) is 18.1 Å². The van der Waals surface area contributed by atoms with Crippen LogP contribution in [0.1, 0.15) is 10.4 Å². The van der Waals surface area contributed by atoms with Gasteiger partial charge >= 0.3 is 0 Å². The van der Waals surface area contributed by atoms with Crippen LogP contribution in [0.5, 0.6) is 5.75 Å². The molecule has 5 heteroatoms. The van der Waals surface area contributed by atoms with Gasteiger partial charge in [0.2, 0.25) is 0 Å². The highest BCUT2D eigenvalue weighted by Crippen LogP contribution is 2.29. The van der Waals surface area contributed by atoms with Gasteiger partial charge in [-0.15, -0.1) is 0 Å². The molecule has 0 spiro atoms. The molecular formula is C21H18N2O3. The Labute approximate surface area is 151 Å². The van der Waals surface area contributed by atoms with E-state index in [0.29, 0.717) is 11.4 Å². The molecule has 0 bridgehead atoms. The molecule has 0 aliphatic heterocycles. The largest absolute Gasteiger partial charge is 0.483 e. The number of nitrogens with one attached hydrogen (secondary N) is 1. The van der Waals surface area contributed by atoms with Crippen molar-refractivity contribution in [1.82, 2.24) is 0 Å². The van der Waals surface area contributed by atoms with E-state index in [1.165, 1.54) is 0 Å². The van der Waals surface area contributed by atoms with Crippen LogP contribution in [0.25, 0.3) is 11.1 Å². The molecule has 0 atom stereocenters. The molecule has 0 unspecified atom stereocenters. The molecule has 0 radical (unpaired) electrons. The summed E-state index contributed by atoms with van der Waals surface area (Å²) in [7, 11) is 0. The summed E-state index contributed by atoms with van der Waals surface area (Å²) in [5.74, 6) is -0.366. The second kappa shape index (κ2) is 7.98. The van der Waals surface area contributed by atoms with Crippen LogP contribution >= 0.6 is 0 Å². The molecule has 0 saturated carbocycles. The number of carbonyl (C=O) groups excluding carboxylic acids is 2. The van der Waals surface area contributed by atoms with Gasteiger partial charge in [0.15, 0.2) is 6.61 Å². The van der Waals surface area contributed by atoms with Crippen LogP contribution in [0.3, 0.4) is 0 Å². The van der Waals surface area contributed by atoms with Gasteiger partial charge in [-0.3, -0.25) is 9.59 Å². The van der Waals surface area contributed by atoms with Gasteiger partial charge < -0.3 is 15.8 Å². The van der Waals surface area contributed by atoms with Crippen LogP contribution in [-0.2, 0) is 4.79 Å². The predicted molar refractivity (Wildman–Crippen MR) is 101 cm³/mol. The molecule has 0 saturated heterocycles. The molecule has 0 aliphatic carbocycles. The summed E-state index contributed by atoms with van der Waals surface area (Å²) in [6, 6.07) is 23.9. The number of benzene rings is 3. The summed E-state index contributed by atoms with van der Waals surface area (Å²) in [6.07, 6.45) is 0. The fraction of sp³-hybridized carbons (Fsp3) is 0.0476. The lowest BCUT2D eigenvalue weighted by Crippen LogP contribution is -2.23. The Morgan fingerprint density at radius 2 is 1.50 bits per heavy atom. The molecule has 5 nitrogen and oxygen atoms in total. The van der Waals surface area contributed by atoms with Gasteiger partial charge in [0, 0.05) is 5.56 Å². The Balaban J connectivity index is 1.71. The van der Waals surface area contributed by atoms with Crippen LogP contribution < -0.4 is 15.8 Å². The molecule has 0 aliphatic rings. The predicted octanol–water partition coefficient (Wildman–Crippen LogP) is 3.47. The summed E-state index contributed by atoms with van der Waals surface area (Å²) in [5, 5.41) is 2.66. The number of primary amides is 1. The second-order valence-electron chi connectivity index (χ2n) is 5.61.